The summed E-state index contributed by atoms with van der Waals surface area (Å²) in [6, 6.07) is 25.4. The minimum atomic E-state index is 0.156. The third-order valence-corrected chi connectivity index (χ3v) is 5.14. The maximum absolute atomic E-state index is 9.18. The maximum Gasteiger partial charge on any atom is 0.0465 e. The molecule has 0 bridgehead atoms. The lowest BCUT2D eigenvalue weighted by molar-refractivity contribution is 0.302. The molecule has 0 heterocycles. The molecule has 2 N–H and O–H groups in total. The normalized spacial score (nSPS) is 11.5. The first-order chi connectivity index (χ1) is 14.8. The Morgan fingerprint density at radius 3 is 1.30 bits per heavy atom. The van der Waals surface area contributed by atoms with Gasteiger partial charge in [0.15, 0.2) is 0 Å². The van der Waals surface area contributed by atoms with Crippen LogP contribution >= 0.6 is 0 Å². The van der Waals surface area contributed by atoms with Crippen molar-refractivity contribution in [2.24, 2.45) is 0 Å². The third kappa shape index (κ3) is 6.28. The van der Waals surface area contributed by atoms with Crippen molar-refractivity contribution in [2.45, 2.75) is 25.7 Å². The summed E-state index contributed by atoms with van der Waals surface area (Å²) in [6.45, 7) is 0.312. The van der Waals surface area contributed by atoms with Crippen LogP contribution in [0.15, 0.2) is 84.9 Å². The lowest BCUT2D eigenvalue weighted by Crippen LogP contribution is -2.03. The van der Waals surface area contributed by atoms with E-state index < -0.39 is 0 Å². The largest absolute Gasteiger partial charge is 0.396 e. The summed E-state index contributed by atoms with van der Waals surface area (Å²) in [5.74, 6) is 0. The van der Waals surface area contributed by atoms with Gasteiger partial charge in [-0.2, -0.15) is 0 Å². The summed E-state index contributed by atoms with van der Waals surface area (Å²) < 4.78 is 0. The van der Waals surface area contributed by atoms with Crippen molar-refractivity contribution in [2.75, 3.05) is 13.2 Å². The molecule has 2 heteroatoms. The van der Waals surface area contributed by atoms with E-state index in [9.17, 15) is 10.2 Å². The van der Waals surface area contributed by atoms with Gasteiger partial charge < -0.3 is 10.2 Å². The highest BCUT2D eigenvalue weighted by molar-refractivity contribution is 5.65. The molecule has 0 aliphatic heterocycles. The SMILES string of the molecule is OCCC=Cc1ccc(C=CCCO)c(Cc2ccccc2)c1Cc1ccccc1. The molecule has 0 radical (unpaired) electrons. The van der Waals surface area contributed by atoms with Crippen LogP contribution < -0.4 is 0 Å². The van der Waals surface area contributed by atoms with E-state index in [1.165, 1.54) is 33.4 Å². The molecule has 2 nitrogen and oxygen atoms in total. The van der Waals surface area contributed by atoms with Crippen molar-refractivity contribution in [3.05, 3.63) is 118 Å². The lowest BCUT2D eigenvalue weighted by atomic mass is 9.87. The van der Waals surface area contributed by atoms with Gasteiger partial charge in [0.1, 0.15) is 0 Å². The van der Waals surface area contributed by atoms with Crippen LogP contribution in [0.2, 0.25) is 0 Å². The van der Waals surface area contributed by atoms with Crippen molar-refractivity contribution in [3.8, 4) is 0 Å². The van der Waals surface area contributed by atoms with Crippen molar-refractivity contribution in [1.82, 2.24) is 0 Å². The van der Waals surface area contributed by atoms with Crippen LogP contribution in [-0.2, 0) is 12.8 Å². The molecular weight excluding hydrogens is 368 g/mol. The van der Waals surface area contributed by atoms with E-state index in [2.05, 4.69) is 72.8 Å². The van der Waals surface area contributed by atoms with E-state index in [4.69, 9.17) is 0 Å². The van der Waals surface area contributed by atoms with Crippen LogP contribution in [0.4, 0.5) is 0 Å². The summed E-state index contributed by atoms with van der Waals surface area (Å²) in [4.78, 5) is 0. The van der Waals surface area contributed by atoms with Gasteiger partial charge >= 0.3 is 0 Å². The van der Waals surface area contributed by atoms with Crippen LogP contribution in [0.1, 0.15) is 46.2 Å². The summed E-state index contributed by atoms with van der Waals surface area (Å²) >= 11 is 0. The highest BCUT2D eigenvalue weighted by Crippen LogP contribution is 2.28. The minimum Gasteiger partial charge on any atom is -0.396 e. The molecule has 0 fully saturated rings. The van der Waals surface area contributed by atoms with Gasteiger partial charge in [-0.25, -0.2) is 0 Å². The maximum atomic E-state index is 9.18. The lowest BCUT2D eigenvalue weighted by Gasteiger charge is -2.17. The fourth-order valence-corrected chi connectivity index (χ4v) is 3.63. The van der Waals surface area contributed by atoms with Crippen LogP contribution in [0, 0.1) is 0 Å². The van der Waals surface area contributed by atoms with Gasteiger partial charge in [0.05, 0.1) is 0 Å². The summed E-state index contributed by atoms with van der Waals surface area (Å²) in [7, 11) is 0. The molecule has 3 aromatic carbocycles. The minimum absolute atomic E-state index is 0.156. The van der Waals surface area contributed by atoms with Crippen molar-refractivity contribution < 1.29 is 10.2 Å². The van der Waals surface area contributed by atoms with Gasteiger partial charge in [0, 0.05) is 13.2 Å². The molecule has 154 valence electrons. The highest BCUT2D eigenvalue weighted by Gasteiger charge is 2.13. The van der Waals surface area contributed by atoms with Gasteiger partial charge in [0.25, 0.3) is 0 Å². The standard InChI is InChI=1S/C28H30O2/c29-19-9-7-15-25-17-18-26(16-8-10-20-30)28(22-24-13-5-2-6-14-24)27(25)21-23-11-3-1-4-12-23/h1-8,11-18,29-30H,9-10,19-22H2. The van der Waals surface area contributed by atoms with Crippen LogP contribution in [0.3, 0.4) is 0 Å². The van der Waals surface area contributed by atoms with E-state index in [-0.39, 0.29) is 13.2 Å². The summed E-state index contributed by atoms with van der Waals surface area (Å²) in [5, 5.41) is 18.4. The van der Waals surface area contributed by atoms with Gasteiger partial charge in [-0.05, 0) is 59.1 Å². The zero-order chi connectivity index (χ0) is 21.0. The Morgan fingerprint density at radius 1 is 0.533 bits per heavy atom. The molecule has 0 amide bonds. The van der Waals surface area contributed by atoms with Crippen molar-refractivity contribution >= 4 is 12.2 Å². The monoisotopic (exact) mass is 398 g/mol. The average molecular weight is 399 g/mol. The summed E-state index contributed by atoms with van der Waals surface area (Å²) in [5.41, 5.74) is 7.56. The molecule has 0 aliphatic carbocycles. The second kappa shape index (κ2) is 11.9. The molecule has 0 atom stereocenters. The first kappa shape index (κ1) is 21.8. The Bertz CT molecular complexity index is 876. The van der Waals surface area contributed by atoms with Gasteiger partial charge in [-0.15, -0.1) is 0 Å². The number of hydrogen-bond donors (Lipinski definition) is 2. The third-order valence-electron chi connectivity index (χ3n) is 5.14. The van der Waals surface area contributed by atoms with E-state index in [0.717, 1.165) is 12.8 Å². The first-order valence-corrected chi connectivity index (χ1v) is 10.6. The molecule has 0 unspecified atom stereocenters. The van der Waals surface area contributed by atoms with Crippen LogP contribution in [-0.4, -0.2) is 23.4 Å². The molecular formula is C28H30O2. The molecule has 3 aromatic rings. The van der Waals surface area contributed by atoms with E-state index in [0.29, 0.717) is 12.8 Å². The van der Waals surface area contributed by atoms with Crippen LogP contribution in [0.5, 0.6) is 0 Å². The van der Waals surface area contributed by atoms with Gasteiger partial charge in [-0.1, -0.05) is 97.1 Å². The first-order valence-electron chi connectivity index (χ1n) is 10.6. The molecule has 0 saturated heterocycles. The van der Waals surface area contributed by atoms with Gasteiger partial charge in [0.2, 0.25) is 0 Å². The van der Waals surface area contributed by atoms with Gasteiger partial charge in [-0.3, -0.25) is 0 Å². The molecule has 0 spiro atoms. The Labute approximate surface area is 179 Å². The highest BCUT2D eigenvalue weighted by atomic mass is 16.3. The van der Waals surface area contributed by atoms with Crippen molar-refractivity contribution in [3.63, 3.8) is 0 Å². The van der Waals surface area contributed by atoms with E-state index in [1.807, 2.05) is 24.3 Å². The Kier molecular flexibility index (Phi) is 8.64. The second-order valence-corrected chi connectivity index (χ2v) is 7.36. The predicted octanol–water partition coefficient (Wildman–Crippen LogP) is 5.66. The smallest absolute Gasteiger partial charge is 0.0465 e. The fraction of sp³-hybridized carbons (Fsp3) is 0.214. The molecule has 30 heavy (non-hydrogen) atoms. The zero-order valence-electron chi connectivity index (χ0n) is 17.4. The number of aliphatic hydroxyl groups excluding tert-OH is 2. The number of benzene rings is 3. The Hall–Kier alpha value is -2.94. The van der Waals surface area contributed by atoms with E-state index in [1.54, 1.807) is 0 Å². The Balaban J connectivity index is 2.10. The number of rotatable bonds is 10. The molecule has 3 rings (SSSR count). The topological polar surface area (TPSA) is 40.5 Å². The van der Waals surface area contributed by atoms with E-state index >= 15 is 0 Å². The zero-order valence-corrected chi connectivity index (χ0v) is 17.4. The molecule has 0 saturated carbocycles. The number of aliphatic hydroxyl groups is 2. The second-order valence-electron chi connectivity index (χ2n) is 7.36. The molecule has 0 aliphatic rings. The summed E-state index contributed by atoms with van der Waals surface area (Å²) in [6.07, 6.45) is 11.3. The van der Waals surface area contributed by atoms with Crippen molar-refractivity contribution in [1.29, 1.82) is 0 Å². The number of hydrogen-bond acceptors (Lipinski definition) is 2. The Morgan fingerprint density at radius 2 is 0.933 bits per heavy atom. The molecule has 0 aromatic heterocycles. The average Bonchev–Trinajstić information content (AvgIpc) is 2.78. The quantitative estimate of drug-likeness (QED) is 0.463. The fourth-order valence-electron chi connectivity index (χ4n) is 3.63. The predicted molar refractivity (Wildman–Crippen MR) is 126 cm³/mol. The van der Waals surface area contributed by atoms with Crippen LogP contribution in [0.25, 0.3) is 12.2 Å².